The van der Waals surface area contributed by atoms with Gasteiger partial charge in [-0.3, -0.25) is 0 Å². The standard InChI is InChI=1S/C11H15Cl2Si/c1-4-9-6-7-11(14(12)13)8(3)10(9)5-2/h6-7H,4-5H2,1-3H3. The summed E-state index contributed by atoms with van der Waals surface area (Å²) in [5, 5.41) is 1.15. The van der Waals surface area contributed by atoms with Crippen molar-refractivity contribution in [3.8, 4) is 0 Å². The molecule has 0 heterocycles. The SMILES string of the molecule is CCc1ccc([Si](Cl)Cl)c(C)c1CC. The van der Waals surface area contributed by atoms with E-state index in [0.717, 1.165) is 18.0 Å². The molecule has 1 aromatic rings. The fourth-order valence-electron chi connectivity index (χ4n) is 1.84. The lowest BCUT2D eigenvalue weighted by Gasteiger charge is -2.13. The van der Waals surface area contributed by atoms with Crippen molar-refractivity contribution in [1.29, 1.82) is 0 Å². The molecule has 1 radical (unpaired) electrons. The summed E-state index contributed by atoms with van der Waals surface area (Å²) >= 11 is 12.0. The summed E-state index contributed by atoms with van der Waals surface area (Å²) in [4.78, 5) is 0. The van der Waals surface area contributed by atoms with Crippen LogP contribution in [0, 0.1) is 6.92 Å². The van der Waals surface area contributed by atoms with Gasteiger partial charge in [0.2, 0.25) is 0 Å². The van der Waals surface area contributed by atoms with Crippen LogP contribution in [0.4, 0.5) is 0 Å². The first-order valence-corrected chi connectivity index (χ1v) is 8.43. The van der Waals surface area contributed by atoms with Crippen molar-refractivity contribution < 1.29 is 0 Å². The van der Waals surface area contributed by atoms with Crippen LogP contribution >= 0.6 is 22.2 Å². The van der Waals surface area contributed by atoms with Crippen molar-refractivity contribution in [2.45, 2.75) is 33.6 Å². The van der Waals surface area contributed by atoms with Crippen LogP contribution in [0.15, 0.2) is 12.1 Å². The van der Waals surface area contributed by atoms with Gasteiger partial charge in [-0.05, 0) is 41.6 Å². The molecule has 14 heavy (non-hydrogen) atoms. The van der Waals surface area contributed by atoms with E-state index in [0.29, 0.717) is 0 Å². The lowest BCUT2D eigenvalue weighted by Crippen LogP contribution is -2.23. The van der Waals surface area contributed by atoms with Crippen molar-refractivity contribution in [2.75, 3.05) is 0 Å². The molecule has 1 rings (SSSR count). The minimum Gasteiger partial charge on any atom is -0.140 e. The van der Waals surface area contributed by atoms with Crippen molar-refractivity contribution in [2.24, 2.45) is 0 Å². The van der Waals surface area contributed by atoms with Crippen molar-refractivity contribution >= 4 is 34.8 Å². The van der Waals surface area contributed by atoms with E-state index in [4.69, 9.17) is 22.2 Å². The number of hydrogen-bond acceptors (Lipinski definition) is 0. The summed E-state index contributed by atoms with van der Waals surface area (Å²) in [6.07, 6.45) is 2.14. The third kappa shape index (κ3) is 2.33. The minimum atomic E-state index is -1.35. The molecule has 0 N–H and O–H groups in total. The van der Waals surface area contributed by atoms with Crippen LogP contribution in [0.25, 0.3) is 0 Å². The maximum absolute atomic E-state index is 6.00. The Bertz CT molecular complexity index is 321. The fourth-order valence-corrected chi connectivity index (χ4v) is 3.71. The molecule has 1 aromatic carbocycles. The molecule has 0 atom stereocenters. The van der Waals surface area contributed by atoms with Crippen molar-refractivity contribution in [1.82, 2.24) is 0 Å². The first-order chi connectivity index (χ1) is 6.61. The fraction of sp³-hybridized carbons (Fsp3) is 0.455. The molecule has 0 aromatic heterocycles. The summed E-state index contributed by atoms with van der Waals surface area (Å²) in [5.41, 5.74) is 4.14. The zero-order chi connectivity index (χ0) is 10.7. The maximum Gasteiger partial charge on any atom is 0.307 e. The lowest BCUT2D eigenvalue weighted by molar-refractivity contribution is 1.02. The molecule has 0 aliphatic rings. The second-order valence-electron chi connectivity index (χ2n) is 3.34. The third-order valence-corrected chi connectivity index (χ3v) is 4.80. The van der Waals surface area contributed by atoms with Crippen LogP contribution in [0.3, 0.4) is 0 Å². The summed E-state index contributed by atoms with van der Waals surface area (Å²) in [6.45, 7) is 6.49. The summed E-state index contributed by atoms with van der Waals surface area (Å²) in [6, 6.07) is 4.25. The number of benzene rings is 1. The zero-order valence-electron chi connectivity index (χ0n) is 8.82. The summed E-state index contributed by atoms with van der Waals surface area (Å²) in [7, 11) is -1.35. The Balaban J connectivity index is 3.27. The largest absolute Gasteiger partial charge is 0.307 e. The van der Waals surface area contributed by atoms with Gasteiger partial charge in [-0.2, -0.15) is 0 Å². The van der Waals surface area contributed by atoms with E-state index < -0.39 is 7.42 Å². The highest BCUT2D eigenvalue weighted by molar-refractivity contribution is 7.39. The van der Waals surface area contributed by atoms with Crippen LogP contribution in [0.5, 0.6) is 0 Å². The predicted molar refractivity (Wildman–Crippen MR) is 67.0 cm³/mol. The van der Waals surface area contributed by atoms with Gasteiger partial charge in [0.25, 0.3) is 0 Å². The number of rotatable bonds is 3. The van der Waals surface area contributed by atoms with Crippen molar-refractivity contribution in [3.05, 3.63) is 28.8 Å². The second kappa shape index (κ2) is 5.20. The molecule has 0 nitrogen and oxygen atoms in total. The average molecular weight is 246 g/mol. The lowest BCUT2D eigenvalue weighted by atomic mass is 9.98. The third-order valence-electron chi connectivity index (χ3n) is 2.63. The quantitative estimate of drug-likeness (QED) is 0.567. The topological polar surface area (TPSA) is 0 Å². The normalized spacial score (nSPS) is 11.0. The van der Waals surface area contributed by atoms with E-state index >= 15 is 0 Å². The molecule has 0 saturated heterocycles. The van der Waals surface area contributed by atoms with E-state index in [9.17, 15) is 0 Å². The molecule has 0 unspecified atom stereocenters. The molecule has 0 aliphatic heterocycles. The minimum absolute atomic E-state index is 1.06. The Morgan fingerprint density at radius 1 is 1.14 bits per heavy atom. The zero-order valence-corrected chi connectivity index (χ0v) is 11.3. The van der Waals surface area contributed by atoms with Crippen LogP contribution in [0.1, 0.15) is 30.5 Å². The van der Waals surface area contributed by atoms with Gasteiger partial charge in [0, 0.05) is 0 Å². The predicted octanol–water partition coefficient (Wildman–Crippen LogP) is 3.29. The highest BCUT2D eigenvalue weighted by Crippen LogP contribution is 2.16. The van der Waals surface area contributed by atoms with Gasteiger partial charge in [0.1, 0.15) is 0 Å². The van der Waals surface area contributed by atoms with Gasteiger partial charge >= 0.3 is 7.42 Å². The van der Waals surface area contributed by atoms with Gasteiger partial charge in [-0.15, -0.1) is 22.2 Å². The van der Waals surface area contributed by atoms with Crippen molar-refractivity contribution in [3.63, 3.8) is 0 Å². The summed E-state index contributed by atoms with van der Waals surface area (Å²) < 4.78 is 0. The second-order valence-corrected chi connectivity index (χ2v) is 7.25. The number of hydrogen-bond donors (Lipinski definition) is 0. The highest BCUT2D eigenvalue weighted by Gasteiger charge is 2.14. The Hall–Kier alpha value is 0.0169. The molecular formula is C11H15Cl2Si. The van der Waals surface area contributed by atoms with E-state index in [1.165, 1.54) is 16.7 Å². The molecule has 0 saturated carbocycles. The van der Waals surface area contributed by atoms with E-state index in [1.54, 1.807) is 0 Å². The highest BCUT2D eigenvalue weighted by atomic mass is 35.7. The molecule has 3 heteroatoms. The molecule has 0 bridgehead atoms. The Labute approximate surface area is 97.3 Å². The maximum atomic E-state index is 6.00. The molecule has 0 fully saturated rings. The molecule has 0 amide bonds. The smallest absolute Gasteiger partial charge is 0.140 e. The Morgan fingerprint density at radius 2 is 1.79 bits per heavy atom. The van der Waals surface area contributed by atoms with Gasteiger partial charge in [-0.1, -0.05) is 26.0 Å². The Kier molecular flexibility index (Phi) is 4.49. The first kappa shape index (κ1) is 12.1. The molecule has 77 valence electrons. The summed E-state index contributed by atoms with van der Waals surface area (Å²) in [5.74, 6) is 0. The molecular weight excluding hydrogens is 231 g/mol. The molecule has 0 spiro atoms. The number of halogens is 2. The van der Waals surface area contributed by atoms with E-state index in [2.05, 4.69) is 32.9 Å². The van der Waals surface area contributed by atoms with E-state index in [-0.39, 0.29) is 0 Å². The van der Waals surface area contributed by atoms with Gasteiger partial charge in [0.15, 0.2) is 0 Å². The Morgan fingerprint density at radius 3 is 2.21 bits per heavy atom. The van der Waals surface area contributed by atoms with Crippen LogP contribution in [-0.4, -0.2) is 7.42 Å². The van der Waals surface area contributed by atoms with E-state index in [1.807, 2.05) is 0 Å². The monoisotopic (exact) mass is 245 g/mol. The van der Waals surface area contributed by atoms with Gasteiger partial charge in [-0.25, -0.2) is 0 Å². The number of aryl methyl sites for hydroxylation is 1. The molecule has 0 aliphatic carbocycles. The van der Waals surface area contributed by atoms with Gasteiger partial charge in [0.05, 0.1) is 0 Å². The average Bonchev–Trinajstić information content (AvgIpc) is 2.16. The van der Waals surface area contributed by atoms with Gasteiger partial charge < -0.3 is 0 Å². The van der Waals surface area contributed by atoms with Crippen LogP contribution in [-0.2, 0) is 12.8 Å². The van der Waals surface area contributed by atoms with Crippen LogP contribution < -0.4 is 5.19 Å². The first-order valence-electron chi connectivity index (χ1n) is 4.91. The van der Waals surface area contributed by atoms with Crippen LogP contribution in [0.2, 0.25) is 0 Å².